The van der Waals surface area contributed by atoms with Crippen molar-refractivity contribution in [2.75, 3.05) is 0 Å². The molecule has 1 aliphatic carbocycles. The maximum Gasteiger partial charge on any atom is 0.252 e. The van der Waals surface area contributed by atoms with Crippen LogP contribution in [0.15, 0.2) is 24.3 Å². The number of benzene rings is 1. The van der Waals surface area contributed by atoms with Crippen LogP contribution in [0.1, 0.15) is 38.7 Å². The van der Waals surface area contributed by atoms with E-state index in [9.17, 15) is 18.8 Å². The minimum Gasteiger partial charge on any atom is -0.343 e. The van der Waals surface area contributed by atoms with Crippen molar-refractivity contribution in [2.45, 2.75) is 50.6 Å². The van der Waals surface area contributed by atoms with Gasteiger partial charge in [-0.25, -0.2) is 4.39 Å². The Morgan fingerprint density at radius 2 is 1.96 bits per heavy atom. The van der Waals surface area contributed by atoms with Crippen LogP contribution in [0, 0.1) is 5.82 Å². The molecule has 1 N–H and O–H groups in total. The SMILES string of the molecule is CC(C)N1C(=O)C[C@@H](NC(=O)C2(c3ccccc3F)CC2)C1=O. The lowest BCUT2D eigenvalue weighted by molar-refractivity contribution is -0.141. The van der Waals surface area contributed by atoms with Gasteiger partial charge in [0.15, 0.2) is 0 Å². The molecule has 1 aliphatic heterocycles. The quantitative estimate of drug-likeness (QED) is 0.856. The van der Waals surface area contributed by atoms with Gasteiger partial charge in [0.05, 0.1) is 11.8 Å². The number of imide groups is 1. The number of carbonyl (C=O) groups is 3. The van der Waals surface area contributed by atoms with Crippen molar-refractivity contribution in [1.82, 2.24) is 10.2 Å². The Morgan fingerprint density at radius 1 is 1.30 bits per heavy atom. The Bertz CT molecular complexity index is 682. The number of halogens is 1. The van der Waals surface area contributed by atoms with Gasteiger partial charge in [-0.15, -0.1) is 0 Å². The first-order valence-corrected chi connectivity index (χ1v) is 7.79. The van der Waals surface area contributed by atoms with Crippen LogP contribution in [0.25, 0.3) is 0 Å². The third-order valence-corrected chi connectivity index (χ3v) is 4.58. The Hall–Kier alpha value is -2.24. The average molecular weight is 318 g/mol. The molecule has 1 aromatic rings. The van der Waals surface area contributed by atoms with Crippen molar-refractivity contribution >= 4 is 17.7 Å². The summed E-state index contributed by atoms with van der Waals surface area (Å²) >= 11 is 0. The predicted molar refractivity (Wildman–Crippen MR) is 80.8 cm³/mol. The highest BCUT2D eigenvalue weighted by atomic mass is 19.1. The molecule has 3 rings (SSSR count). The second kappa shape index (κ2) is 5.44. The Morgan fingerprint density at radius 3 is 2.48 bits per heavy atom. The molecule has 122 valence electrons. The van der Waals surface area contributed by atoms with E-state index >= 15 is 0 Å². The van der Waals surface area contributed by atoms with E-state index in [1.807, 2.05) is 0 Å². The summed E-state index contributed by atoms with van der Waals surface area (Å²) in [6.07, 6.45) is 1.06. The molecule has 0 unspecified atom stereocenters. The molecule has 1 saturated heterocycles. The number of hydrogen-bond acceptors (Lipinski definition) is 3. The maximum absolute atomic E-state index is 14.0. The molecule has 5 nitrogen and oxygen atoms in total. The molecule has 1 atom stereocenters. The highest BCUT2D eigenvalue weighted by molar-refractivity contribution is 6.08. The number of hydrogen-bond donors (Lipinski definition) is 1. The fourth-order valence-corrected chi connectivity index (χ4v) is 3.20. The summed E-state index contributed by atoms with van der Waals surface area (Å²) in [7, 11) is 0. The molecule has 1 aromatic carbocycles. The van der Waals surface area contributed by atoms with Crippen LogP contribution in [0.4, 0.5) is 4.39 Å². The van der Waals surface area contributed by atoms with E-state index in [1.54, 1.807) is 32.0 Å². The molecule has 0 spiro atoms. The number of likely N-dealkylation sites (tertiary alicyclic amines) is 1. The maximum atomic E-state index is 14.0. The first kappa shape index (κ1) is 15.6. The van der Waals surface area contributed by atoms with Crippen LogP contribution in [-0.4, -0.2) is 34.7 Å². The monoisotopic (exact) mass is 318 g/mol. The average Bonchev–Trinajstić information content (AvgIpc) is 3.23. The van der Waals surface area contributed by atoms with Crippen LogP contribution in [-0.2, 0) is 19.8 Å². The van der Waals surface area contributed by atoms with E-state index in [0.717, 1.165) is 0 Å². The topological polar surface area (TPSA) is 66.5 Å². The third-order valence-electron chi connectivity index (χ3n) is 4.58. The molecule has 0 bridgehead atoms. The molecule has 2 aliphatic rings. The van der Waals surface area contributed by atoms with Gasteiger partial charge in [0, 0.05) is 11.6 Å². The van der Waals surface area contributed by atoms with Gasteiger partial charge in [0.25, 0.3) is 5.91 Å². The van der Waals surface area contributed by atoms with E-state index in [4.69, 9.17) is 0 Å². The van der Waals surface area contributed by atoms with Crippen molar-refractivity contribution in [2.24, 2.45) is 0 Å². The molecule has 3 amide bonds. The Kier molecular flexibility index (Phi) is 3.70. The lowest BCUT2D eigenvalue weighted by Crippen LogP contribution is -2.47. The molecule has 6 heteroatoms. The second-order valence-corrected chi connectivity index (χ2v) is 6.49. The van der Waals surface area contributed by atoms with Gasteiger partial charge in [0.2, 0.25) is 11.8 Å². The summed E-state index contributed by atoms with van der Waals surface area (Å²) in [5, 5.41) is 2.65. The summed E-state index contributed by atoms with van der Waals surface area (Å²) in [4.78, 5) is 37.9. The number of amides is 3. The van der Waals surface area contributed by atoms with Crippen molar-refractivity contribution in [3.05, 3.63) is 35.6 Å². The van der Waals surface area contributed by atoms with Crippen molar-refractivity contribution in [1.29, 1.82) is 0 Å². The number of nitrogens with one attached hydrogen (secondary N) is 1. The summed E-state index contributed by atoms with van der Waals surface area (Å²) in [5.74, 6) is -1.47. The van der Waals surface area contributed by atoms with Gasteiger partial charge < -0.3 is 5.32 Å². The Balaban J connectivity index is 1.77. The first-order valence-electron chi connectivity index (χ1n) is 7.79. The summed E-state index contributed by atoms with van der Waals surface area (Å²) in [6.45, 7) is 3.50. The van der Waals surface area contributed by atoms with Crippen LogP contribution < -0.4 is 5.32 Å². The molecule has 2 fully saturated rings. The normalized spacial score (nSPS) is 22.6. The van der Waals surface area contributed by atoms with Crippen LogP contribution in [0.3, 0.4) is 0 Å². The summed E-state index contributed by atoms with van der Waals surface area (Å²) < 4.78 is 14.0. The minimum absolute atomic E-state index is 0.0316. The third kappa shape index (κ3) is 2.52. The molecule has 1 heterocycles. The van der Waals surface area contributed by atoms with Crippen LogP contribution in [0.2, 0.25) is 0 Å². The molecule has 0 aromatic heterocycles. The zero-order chi connectivity index (χ0) is 16.8. The van der Waals surface area contributed by atoms with E-state index in [2.05, 4.69) is 5.32 Å². The Labute approximate surface area is 133 Å². The lowest BCUT2D eigenvalue weighted by Gasteiger charge is -2.21. The summed E-state index contributed by atoms with van der Waals surface area (Å²) in [6, 6.07) is 5.11. The highest BCUT2D eigenvalue weighted by Gasteiger charge is 2.54. The van der Waals surface area contributed by atoms with Gasteiger partial charge in [0.1, 0.15) is 11.9 Å². The largest absolute Gasteiger partial charge is 0.343 e. The van der Waals surface area contributed by atoms with Gasteiger partial charge >= 0.3 is 0 Å². The van der Waals surface area contributed by atoms with Gasteiger partial charge in [-0.05, 0) is 32.8 Å². The van der Waals surface area contributed by atoms with Crippen molar-refractivity contribution in [3.63, 3.8) is 0 Å². The summed E-state index contributed by atoms with van der Waals surface area (Å²) in [5.41, 5.74) is -0.546. The van der Waals surface area contributed by atoms with E-state index in [1.165, 1.54) is 11.0 Å². The molecule has 0 radical (unpaired) electrons. The minimum atomic E-state index is -0.903. The van der Waals surface area contributed by atoms with Gasteiger partial charge in [-0.2, -0.15) is 0 Å². The zero-order valence-corrected chi connectivity index (χ0v) is 13.1. The van der Waals surface area contributed by atoms with Crippen LogP contribution in [0.5, 0.6) is 0 Å². The van der Waals surface area contributed by atoms with E-state index < -0.39 is 17.3 Å². The first-order chi connectivity index (χ1) is 10.9. The van der Waals surface area contributed by atoms with Gasteiger partial charge in [-0.1, -0.05) is 18.2 Å². The number of rotatable bonds is 4. The number of nitrogens with zero attached hydrogens (tertiary/aromatic N) is 1. The zero-order valence-electron chi connectivity index (χ0n) is 13.1. The highest BCUT2D eigenvalue weighted by Crippen LogP contribution is 2.49. The molecular weight excluding hydrogens is 299 g/mol. The molecular formula is C17H19FN2O3. The second-order valence-electron chi connectivity index (χ2n) is 6.49. The number of carbonyl (C=O) groups excluding carboxylic acids is 3. The van der Waals surface area contributed by atoms with E-state index in [0.29, 0.717) is 18.4 Å². The molecule has 1 saturated carbocycles. The fraction of sp³-hybridized carbons (Fsp3) is 0.471. The lowest BCUT2D eigenvalue weighted by atomic mass is 9.94. The smallest absolute Gasteiger partial charge is 0.252 e. The fourth-order valence-electron chi connectivity index (χ4n) is 3.20. The van der Waals surface area contributed by atoms with Crippen LogP contribution >= 0.6 is 0 Å². The predicted octanol–water partition coefficient (Wildman–Crippen LogP) is 1.51. The van der Waals surface area contributed by atoms with Crippen molar-refractivity contribution < 1.29 is 18.8 Å². The van der Waals surface area contributed by atoms with Gasteiger partial charge in [-0.3, -0.25) is 19.3 Å². The van der Waals surface area contributed by atoms with E-state index in [-0.39, 0.29) is 30.2 Å². The van der Waals surface area contributed by atoms with Crippen molar-refractivity contribution in [3.8, 4) is 0 Å². The molecule has 23 heavy (non-hydrogen) atoms. The standard InChI is InChI=1S/C17H19FN2O3/c1-10(2)20-14(21)9-13(15(20)22)19-16(23)17(7-8-17)11-5-3-4-6-12(11)18/h3-6,10,13H,7-9H2,1-2H3,(H,19,23)/t13-/m1/s1.